The van der Waals surface area contributed by atoms with E-state index in [4.69, 9.17) is 25.6 Å². The van der Waals surface area contributed by atoms with Gasteiger partial charge >= 0.3 is 0 Å². The fraction of sp³-hybridized carbons (Fsp3) is 0.286. The summed E-state index contributed by atoms with van der Waals surface area (Å²) in [7, 11) is 0. The highest BCUT2D eigenvalue weighted by atomic mass is 16.5. The van der Waals surface area contributed by atoms with E-state index in [9.17, 15) is 0 Å². The van der Waals surface area contributed by atoms with Gasteiger partial charge in [-0.25, -0.2) is 0 Å². The van der Waals surface area contributed by atoms with Crippen LogP contribution in [0.15, 0.2) is 11.5 Å². The number of allylic oxidation sites excluding steroid dienone is 1. The number of nitrogens with zero attached hydrogens (tertiary/aromatic N) is 3. The van der Waals surface area contributed by atoms with Crippen molar-refractivity contribution in [3.8, 4) is 18.3 Å². The van der Waals surface area contributed by atoms with Gasteiger partial charge in [-0.15, -0.1) is 0 Å². The Balaban J connectivity index is 4.61. The molecule has 6 heteroatoms. The highest BCUT2D eigenvalue weighted by molar-refractivity contribution is 5.37. The minimum atomic E-state index is -0.338. The molecular formula is C7H6N4O2. The van der Waals surface area contributed by atoms with E-state index in [-0.39, 0.29) is 24.7 Å². The summed E-state index contributed by atoms with van der Waals surface area (Å²) in [6, 6.07) is 3.09. The molecule has 0 amide bonds. The number of rotatable bonds is 4. The van der Waals surface area contributed by atoms with Crippen LogP contribution in [0.25, 0.3) is 0 Å². The first-order chi connectivity index (χ1) is 6.29. The second kappa shape index (κ2) is 6.48. The van der Waals surface area contributed by atoms with Crippen molar-refractivity contribution in [1.82, 2.24) is 5.32 Å². The van der Waals surface area contributed by atoms with Crippen LogP contribution in [0.2, 0.25) is 0 Å². The van der Waals surface area contributed by atoms with E-state index in [1.54, 1.807) is 12.1 Å². The van der Waals surface area contributed by atoms with E-state index in [0.717, 1.165) is 0 Å². The fourth-order valence-electron chi connectivity index (χ4n) is 0.496. The lowest BCUT2D eigenvalue weighted by atomic mass is 10.3. The third-order valence-corrected chi connectivity index (χ3v) is 0.958. The van der Waals surface area contributed by atoms with Gasteiger partial charge < -0.3 is 9.84 Å². The van der Waals surface area contributed by atoms with Gasteiger partial charge in [0.1, 0.15) is 18.7 Å². The summed E-state index contributed by atoms with van der Waals surface area (Å²) in [6.45, 7) is -0.350. The van der Waals surface area contributed by atoms with Crippen molar-refractivity contribution in [3.63, 3.8) is 0 Å². The summed E-state index contributed by atoms with van der Waals surface area (Å²) >= 11 is 0. The molecule has 0 aromatic carbocycles. The lowest BCUT2D eigenvalue weighted by Crippen LogP contribution is -2.13. The summed E-state index contributed by atoms with van der Waals surface area (Å²) in [5.74, 6) is -0.235. The van der Waals surface area contributed by atoms with E-state index in [2.05, 4.69) is 0 Å². The lowest BCUT2D eigenvalue weighted by Gasteiger charge is -2.05. The second-order valence-corrected chi connectivity index (χ2v) is 1.74. The van der Waals surface area contributed by atoms with Crippen LogP contribution < -0.4 is 5.32 Å². The van der Waals surface area contributed by atoms with Gasteiger partial charge in [-0.2, -0.15) is 15.8 Å². The molecule has 0 atom stereocenters. The number of nitrogens with one attached hydrogen (secondary N) is 1. The van der Waals surface area contributed by atoms with Gasteiger partial charge in [0.15, 0.2) is 11.8 Å². The first kappa shape index (κ1) is 10.8. The third kappa shape index (κ3) is 3.62. The third-order valence-electron chi connectivity index (χ3n) is 0.958. The molecule has 0 aliphatic carbocycles. The minimum Gasteiger partial charge on any atom is -0.475 e. The summed E-state index contributed by atoms with van der Waals surface area (Å²) < 4.78 is 4.73. The summed E-state index contributed by atoms with van der Waals surface area (Å²) in [4.78, 5) is 0. The zero-order valence-corrected chi connectivity index (χ0v) is 6.61. The summed E-state index contributed by atoms with van der Waals surface area (Å²) in [6.07, 6.45) is 1.51. The van der Waals surface area contributed by atoms with Gasteiger partial charge in [-0.05, 0) is 0 Å². The molecule has 0 aliphatic heterocycles. The smallest absolute Gasteiger partial charge is 0.229 e. The first-order valence-corrected chi connectivity index (χ1v) is 3.23. The molecule has 0 aromatic rings. The Morgan fingerprint density at radius 1 is 1.31 bits per heavy atom. The largest absolute Gasteiger partial charge is 0.475 e. The Morgan fingerprint density at radius 3 is 2.31 bits per heavy atom. The van der Waals surface area contributed by atoms with E-state index >= 15 is 0 Å². The van der Waals surface area contributed by atoms with Crippen LogP contribution in [0, 0.1) is 34.1 Å². The van der Waals surface area contributed by atoms with Gasteiger partial charge in [0.25, 0.3) is 0 Å². The van der Waals surface area contributed by atoms with Gasteiger partial charge in [-0.3, -0.25) is 5.32 Å². The van der Waals surface area contributed by atoms with Crippen LogP contribution in [0.3, 0.4) is 0 Å². The Hall–Kier alpha value is -2.23. The summed E-state index contributed by atoms with van der Waals surface area (Å²) in [5.41, 5.74) is -0.338. The number of hydrogen-bond donors (Lipinski definition) is 2. The molecule has 0 saturated carbocycles. The Morgan fingerprint density at radius 2 is 1.92 bits per heavy atom. The van der Waals surface area contributed by atoms with Gasteiger partial charge in [0.2, 0.25) is 5.88 Å². The maximum atomic E-state index is 8.40. The Bertz CT molecular complexity index is 299. The molecule has 0 rings (SSSR count). The van der Waals surface area contributed by atoms with Crippen molar-refractivity contribution >= 4 is 0 Å². The predicted molar refractivity (Wildman–Crippen MR) is 40.0 cm³/mol. The molecule has 0 bridgehead atoms. The second-order valence-electron chi connectivity index (χ2n) is 1.74. The van der Waals surface area contributed by atoms with Crippen LogP contribution in [0.5, 0.6) is 0 Å². The van der Waals surface area contributed by atoms with Crippen molar-refractivity contribution in [2.24, 2.45) is 0 Å². The van der Waals surface area contributed by atoms with E-state index < -0.39 is 0 Å². The zero-order valence-electron chi connectivity index (χ0n) is 6.61. The highest BCUT2D eigenvalue weighted by Gasteiger charge is 2.06. The average Bonchev–Trinajstić information content (AvgIpc) is 2.16. The predicted octanol–water partition coefficient (Wildman–Crippen LogP) is -0.675. The first-order valence-electron chi connectivity index (χ1n) is 3.23. The molecule has 0 radical (unpaired) electrons. The number of aliphatic hydroxyl groups excluding tert-OH is 1. The van der Waals surface area contributed by atoms with Crippen molar-refractivity contribution in [2.45, 2.75) is 0 Å². The maximum absolute atomic E-state index is 8.40. The number of ether oxygens (including phenoxy) is 1. The average molecular weight is 178 g/mol. The molecule has 6 nitrogen and oxygen atoms in total. The molecule has 13 heavy (non-hydrogen) atoms. The molecule has 0 heterocycles. The topological polar surface area (TPSA) is 113 Å². The van der Waals surface area contributed by atoms with E-state index in [1.165, 1.54) is 6.19 Å². The molecule has 0 spiro atoms. The van der Waals surface area contributed by atoms with Crippen LogP contribution in [0.4, 0.5) is 0 Å². The van der Waals surface area contributed by atoms with Crippen LogP contribution in [-0.2, 0) is 4.74 Å². The van der Waals surface area contributed by atoms with Crippen LogP contribution >= 0.6 is 0 Å². The quantitative estimate of drug-likeness (QED) is 0.255. The maximum Gasteiger partial charge on any atom is 0.229 e. The fourth-order valence-corrected chi connectivity index (χ4v) is 0.496. The van der Waals surface area contributed by atoms with Gasteiger partial charge in [0, 0.05) is 0 Å². The zero-order chi connectivity index (χ0) is 10.1. The SMILES string of the molecule is N#CNC(OCCO)=C(C#N)C#N. The molecule has 66 valence electrons. The normalized spacial score (nSPS) is 7.23. The molecule has 0 unspecified atom stereocenters. The molecule has 0 fully saturated rings. The van der Waals surface area contributed by atoms with Crippen molar-refractivity contribution < 1.29 is 9.84 Å². The van der Waals surface area contributed by atoms with Crippen molar-refractivity contribution in [2.75, 3.05) is 13.2 Å². The molecular weight excluding hydrogens is 172 g/mol. The van der Waals surface area contributed by atoms with E-state index in [1.807, 2.05) is 5.32 Å². The standard InChI is InChI=1S/C7H6N4O2/c8-3-6(4-9)7(11-5-10)13-2-1-12/h11-12H,1-2H2. The number of hydrogen-bond acceptors (Lipinski definition) is 6. The highest BCUT2D eigenvalue weighted by Crippen LogP contribution is 2.00. The van der Waals surface area contributed by atoms with Crippen molar-refractivity contribution in [1.29, 1.82) is 15.8 Å². The molecule has 0 aliphatic rings. The molecule has 0 saturated heterocycles. The minimum absolute atomic E-state index is 0.0864. The Kier molecular flexibility index (Phi) is 5.37. The summed E-state index contributed by atoms with van der Waals surface area (Å²) in [5, 5.41) is 35.4. The van der Waals surface area contributed by atoms with Crippen molar-refractivity contribution in [3.05, 3.63) is 11.5 Å². The van der Waals surface area contributed by atoms with Crippen LogP contribution in [-0.4, -0.2) is 18.3 Å². The van der Waals surface area contributed by atoms with E-state index in [0.29, 0.717) is 0 Å². The number of aliphatic hydroxyl groups is 1. The van der Waals surface area contributed by atoms with Gasteiger partial charge in [-0.1, -0.05) is 0 Å². The molecule has 2 N–H and O–H groups in total. The number of nitriles is 3. The molecule has 0 aromatic heterocycles. The van der Waals surface area contributed by atoms with Crippen LogP contribution in [0.1, 0.15) is 0 Å². The Labute approximate surface area is 74.9 Å². The lowest BCUT2D eigenvalue weighted by molar-refractivity contribution is 0.136. The monoisotopic (exact) mass is 178 g/mol. The van der Waals surface area contributed by atoms with Gasteiger partial charge in [0.05, 0.1) is 6.61 Å².